The van der Waals surface area contributed by atoms with Gasteiger partial charge in [-0.15, -0.1) is 0 Å². The molecule has 1 N–H and O–H groups in total. The average Bonchev–Trinajstić information content (AvgIpc) is 2.72. The average molecular weight is 437 g/mol. The van der Waals surface area contributed by atoms with Gasteiger partial charge in [0, 0.05) is 25.2 Å². The zero-order valence-electron chi connectivity index (χ0n) is 17.7. The molecule has 0 heterocycles. The Balaban J connectivity index is 2.22. The predicted octanol–water partition coefficient (Wildman–Crippen LogP) is 3.62. The maximum absolute atomic E-state index is 13.3. The highest BCUT2D eigenvalue weighted by Gasteiger charge is 2.23. The van der Waals surface area contributed by atoms with Crippen molar-refractivity contribution < 1.29 is 22.3 Å². The summed E-state index contributed by atoms with van der Waals surface area (Å²) in [6, 6.07) is 10.4. The molecule has 0 aliphatic rings. The maximum Gasteiger partial charge on any atom is 0.253 e. The third kappa shape index (κ3) is 6.27. The minimum Gasteiger partial charge on any atom is -0.495 e. The van der Waals surface area contributed by atoms with E-state index < -0.39 is 10.0 Å². The number of sulfonamides is 1. The zero-order valence-corrected chi connectivity index (χ0v) is 18.5. The van der Waals surface area contributed by atoms with E-state index in [-0.39, 0.29) is 28.9 Å². The molecule has 2 rings (SSSR count). The molecule has 0 unspecified atom stereocenters. The topological polar surface area (TPSA) is 75.7 Å². The van der Waals surface area contributed by atoms with Gasteiger partial charge in [-0.2, -0.15) is 0 Å². The van der Waals surface area contributed by atoms with Crippen molar-refractivity contribution in [1.82, 2.24) is 9.62 Å². The number of ether oxygens (including phenoxy) is 1. The van der Waals surface area contributed by atoms with E-state index in [4.69, 9.17) is 4.74 Å². The standard InChI is InChI=1S/C22H29FN2O4S/c1-4-13-25(14-5-2)22(26)18-9-10-20(29-3)21(16-18)30(27,28)24-12-11-17-7-6-8-19(23)15-17/h6-10,15-16,24H,4-5,11-14H2,1-3H3. The SMILES string of the molecule is CCCN(CCC)C(=O)c1ccc(OC)c(S(=O)(=O)NCCc2cccc(F)c2)c1. The lowest BCUT2D eigenvalue weighted by Gasteiger charge is -2.22. The summed E-state index contributed by atoms with van der Waals surface area (Å²) < 4.78 is 46.8. The Labute approximate surface area is 178 Å². The van der Waals surface area contributed by atoms with Crippen LogP contribution >= 0.6 is 0 Å². The number of hydrogen-bond acceptors (Lipinski definition) is 4. The van der Waals surface area contributed by atoms with Crippen molar-refractivity contribution in [2.24, 2.45) is 0 Å². The van der Waals surface area contributed by atoms with Crippen LogP contribution in [-0.4, -0.2) is 46.0 Å². The monoisotopic (exact) mass is 436 g/mol. The van der Waals surface area contributed by atoms with E-state index in [1.807, 2.05) is 13.8 Å². The van der Waals surface area contributed by atoms with E-state index in [0.29, 0.717) is 30.6 Å². The molecule has 0 aliphatic carbocycles. The fourth-order valence-corrected chi connectivity index (χ4v) is 4.38. The Kier molecular flexibility index (Phi) is 8.80. The van der Waals surface area contributed by atoms with Crippen molar-refractivity contribution in [2.75, 3.05) is 26.7 Å². The largest absolute Gasteiger partial charge is 0.495 e. The molecule has 0 aromatic heterocycles. The molecule has 0 saturated carbocycles. The quantitative estimate of drug-likeness (QED) is 0.584. The minimum absolute atomic E-state index is 0.0882. The summed E-state index contributed by atoms with van der Waals surface area (Å²) in [6.07, 6.45) is 1.96. The van der Waals surface area contributed by atoms with Gasteiger partial charge in [0.2, 0.25) is 10.0 Å². The first kappa shape index (κ1) is 23.8. The van der Waals surface area contributed by atoms with E-state index >= 15 is 0 Å². The summed E-state index contributed by atoms with van der Waals surface area (Å²) in [7, 11) is -2.55. The summed E-state index contributed by atoms with van der Waals surface area (Å²) in [4.78, 5) is 14.5. The number of carbonyl (C=O) groups is 1. The van der Waals surface area contributed by atoms with E-state index in [2.05, 4.69) is 4.72 Å². The molecule has 0 bridgehead atoms. The van der Waals surface area contributed by atoms with Crippen molar-refractivity contribution in [2.45, 2.75) is 38.0 Å². The van der Waals surface area contributed by atoms with Crippen LogP contribution in [0.1, 0.15) is 42.6 Å². The molecular weight excluding hydrogens is 407 g/mol. The van der Waals surface area contributed by atoms with Gasteiger partial charge in [-0.1, -0.05) is 26.0 Å². The number of hydrogen-bond donors (Lipinski definition) is 1. The molecule has 8 heteroatoms. The molecule has 164 valence electrons. The van der Waals surface area contributed by atoms with Gasteiger partial charge in [0.15, 0.2) is 0 Å². The number of amides is 1. The Morgan fingerprint density at radius 1 is 1.10 bits per heavy atom. The fraction of sp³-hybridized carbons (Fsp3) is 0.409. The van der Waals surface area contributed by atoms with Crippen LogP contribution in [0.4, 0.5) is 4.39 Å². The van der Waals surface area contributed by atoms with Crippen LogP contribution in [0, 0.1) is 5.82 Å². The third-order valence-electron chi connectivity index (χ3n) is 4.57. The third-order valence-corrected chi connectivity index (χ3v) is 6.05. The van der Waals surface area contributed by atoms with E-state index in [9.17, 15) is 17.6 Å². The minimum atomic E-state index is -3.93. The first-order valence-corrected chi connectivity index (χ1v) is 11.5. The molecule has 6 nitrogen and oxygen atoms in total. The molecule has 0 radical (unpaired) electrons. The fourth-order valence-electron chi connectivity index (χ4n) is 3.16. The highest BCUT2D eigenvalue weighted by Crippen LogP contribution is 2.25. The highest BCUT2D eigenvalue weighted by atomic mass is 32.2. The number of rotatable bonds is 11. The second-order valence-electron chi connectivity index (χ2n) is 6.94. The molecule has 2 aromatic rings. The summed E-state index contributed by atoms with van der Waals surface area (Å²) in [5, 5.41) is 0. The summed E-state index contributed by atoms with van der Waals surface area (Å²) in [6.45, 7) is 5.27. The molecule has 30 heavy (non-hydrogen) atoms. The normalized spacial score (nSPS) is 11.3. The van der Waals surface area contributed by atoms with Crippen LogP contribution < -0.4 is 9.46 Å². The lowest BCUT2D eigenvalue weighted by Crippen LogP contribution is -2.33. The van der Waals surface area contributed by atoms with E-state index in [0.717, 1.165) is 12.8 Å². The summed E-state index contributed by atoms with van der Waals surface area (Å²) >= 11 is 0. The Bertz CT molecular complexity index is 957. The molecule has 0 atom stereocenters. The Hall–Kier alpha value is -2.45. The molecule has 0 fully saturated rings. The number of nitrogens with one attached hydrogen (secondary N) is 1. The maximum atomic E-state index is 13.3. The van der Waals surface area contributed by atoms with Gasteiger partial charge < -0.3 is 9.64 Å². The van der Waals surface area contributed by atoms with Crippen LogP contribution in [-0.2, 0) is 16.4 Å². The number of benzene rings is 2. The molecule has 0 spiro atoms. The molecule has 0 saturated heterocycles. The van der Waals surface area contributed by atoms with Gasteiger partial charge in [-0.05, 0) is 55.2 Å². The van der Waals surface area contributed by atoms with Gasteiger partial charge in [0.05, 0.1) is 7.11 Å². The van der Waals surface area contributed by atoms with Crippen molar-refractivity contribution in [3.63, 3.8) is 0 Å². The molecular formula is C22H29FN2O4S. The van der Waals surface area contributed by atoms with Gasteiger partial charge in [0.25, 0.3) is 5.91 Å². The molecule has 1 amide bonds. The Morgan fingerprint density at radius 3 is 2.40 bits per heavy atom. The summed E-state index contributed by atoms with van der Waals surface area (Å²) in [5.74, 6) is -0.424. The van der Waals surface area contributed by atoms with Crippen LogP contribution in [0.5, 0.6) is 5.75 Å². The van der Waals surface area contributed by atoms with Crippen LogP contribution in [0.15, 0.2) is 47.4 Å². The van der Waals surface area contributed by atoms with Gasteiger partial charge in [-0.25, -0.2) is 17.5 Å². The lowest BCUT2D eigenvalue weighted by molar-refractivity contribution is 0.0755. The zero-order chi connectivity index (χ0) is 22.1. The highest BCUT2D eigenvalue weighted by molar-refractivity contribution is 7.89. The number of methoxy groups -OCH3 is 1. The Morgan fingerprint density at radius 2 is 1.80 bits per heavy atom. The number of halogens is 1. The molecule has 0 aliphatic heterocycles. The van der Waals surface area contributed by atoms with Gasteiger partial charge in [-0.3, -0.25) is 4.79 Å². The smallest absolute Gasteiger partial charge is 0.253 e. The van der Waals surface area contributed by atoms with Crippen LogP contribution in [0.3, 0.4) is 0 Å². The molecule has 2 aromatic carbocycles. The predicted molar refractivity (Wildman–Crippen MR) is 115 cm³/mol. The summed E-state index contributed by atoms with van der Waals surface area (Å²) in [5.41, 5.74) is 0.978. The first-order valence-electron chi connectivity index (χ1n) is 10.0. The van der Waals surface area contributed by atoms with Crippen LogP contribution in [0.2, 0.25) is 0 Å². The van der Waals surface area contributed by atoms with E-state index in [1.54, 1.807) is 23.1 Å². The van der Waals surface area contributed by atoms with Gasteiger partial charge in [0.1, 0.15) is 16.5 Å². The number of nitrogens with zero attached hydrogens (tertiary/aromatic N) is 1. The van der Waals surface area contributed by atoms with Crippen molar-refractivity contribution in [3.8, 4) is 5.75 Å². The second kappa shape index (κ2) is 11.1. The van der Waals surface area contributed by atoms with Gasteiger partial charge >= 0.3 is 0 Å². The lowest BCUT2D eigenvalue weighted by atomic mass is 10.1. The number of carbonyl (C=O) groups excluding carboxylic acids is 1. The first-order chi connectivity index (χ1) is 14.3. The van der Waals surface area contributed by atoms with Crippen molar-refractivity contribution in [3.05, 3.63) is 59.4 Å². The van der Waals surface area contributed by atoms with Crippen molar-refractivity contribution in [1.29, 1.82) is 0 Å². The van der Waals surface area contributed by atoms with Crippen LogP contribution in [0.25, 0.3) is 0 Å². The van der Waals surface area contributed by atoms with E-state index in [1.165, 1.54) is 31.4 Å². The second-order valence-corrected chi connectivity index (χ2v) is 8.67. The van der Waals surface area contributed by atoms with Crippen molar-refractivity contribution >= 4 is 15.9 Å².